The highest BCUT2D eigenvalue weighted by atomic mass is 19.2. The number of benzene rings is 1. The van der Waals surface area contributed by atoms with Crippen molar-refractivity contribution in [3.63, 3.8) is 0 Å². The van der Waals surface area contributed by atoms with E-state index in [9.17, 15) is 18.3 Å². The molecular formula is C14H15F3N2O. The van der Waals surface area contributed by atoms with Gasteiger partial charge >= 0.3 is 0 Å². The lowest BCUT2D eigenvalue weighted by Crippen LogP contribution is -2.26. The van der Waals surface area contributed by atoms with Crippen molar-refractivity contribution < 1.29 is 18.3 Å². The second-order valence-electron chi connectivity index (χ2n) is 5.17. The Hall–Kier alpha value is -1.53. The highest BCUT2D eigenvalue weighted by Gasteiger charge is 2.20. The van der Waals surface area contributed by atoms with Gasteiger partial charge in [0.2, 0.25) is 0 Å². The first-order valence-electron chi connectivity index (χ1n) is 6.59. The van der Waals surface area contributed by atoms with Crippen LogP contribution < -0.4 is 0 Å². The molecule has 20 heavy (non-hydrogen) atoms. The fourth-order valence-electron chi connectivity index (χ4n) is 2.74. The zero-order valence-electron chi connectivity index (χ0n) is 10.8. The van der Waals surface area contributed by atoms with Crippen LogP contribution in [0.4, 0.5) is 13.2 Å². The van der Waals surface area contributed by atoms with Gasteiger partial charge in [0.15, 0.2) is 17.5 Å². The molecule has 0 bridgehead atoms. The number of hydrogen-bond acceptors (Lipinski definition) is 2. The molecule has 1 aliphatic rings. The molecule has 0 saturated carbocycles. The molecule has 0 amide bonds. The normalized spacial score (nSPS) is 20.1. The number of fused-ring (bicyclic) bond motifs is 1. The van der Waals surface area contributed by atoms with Gasteiger partial charge in [-0.3, -0.25) is 4.90 Å². The minimum absolute atomic E-state index is 0.0380. The third-order valence-electron chi connectivity index (χ3n) is 3.79. The van der Waals surface area contributed by atoms with Gasteiger partial charge in [0.25, 0.3) is 0 Å². The van der Waals surface area contributed by atoms with Gasteiger partial charge in [-0.25, -0.2) is 13.2 Å². The lowest BCUT2D eigenvalue weighted by molar-refractivity contribution is 0.175. The van der Waals surface area contributed by atoms with Gasteiger partial charge in [-0.15, -0.1) is 0 Å². The zero-order valence-corrected chi connectivity index (χ0v) is 10.8. The van der Waals surface area contributed by atoms with E-state index in [-0.39, 0.29) is 17.0 Å². The van der Waals surface area contributed by atoms with Gasteiger partial charge < -0.3 is 9.67 Å². The van der Waals surface area contributed by atoms with Crippen molar-refractivity contribution >= 4 is 10.9 Å². The third-order valence-corrected chi connectivity index (χ3v) is 3.79. The average Bonchev–Trinajstić information content (AvgIpc) is 3.00. The molecule has 1 fully saturated rings. The van der Waals surface area contributed by atoms with E-state index >= 15 is 0 Å². The molecule has 1 saturated heterocycles. The summed E-state index contributed by atoms with van der Waals surface area (Å²) in [5.41, 5.74) is 0.0867. The number of aromatic nitrogens is 1. The molecule has 1 aromatic carbocycles. The summed E-state index contributed by atoms with van der Waals surface area (Å²) in [6.45, 7) is 2.51. The van der Waals surface area contributed by atoms with Crippen molar-refractivity contribution in [2.45, 2.75) is 19.1 Å². The van der Waals surface area contributed by atoms with Gasteiger partial charge in [-0.2, -0.15) is 0 Å². The van der Waals surface area contributed by atoms with Crippen molar-refractivity contribution in [3.05, 3.63) is 35.8 Å². The summed E-state index contributed by atoms with van der Waals surface area (Å²) in [6.07, 6.45) is 1.99. The standard InChI is InChI=1S/C14H15F3N2O/c15-11-7-12(16)14-10(13(11)17)2-4-19(14)6-5-18-3-1-9(20)8-18/h2,4,7,9,20H,1,3,5-6,8H2. The highest BCUT2D eigenvalue weighted by Crippen LogP contribution is 2.25. The van der Waals surface area contributed by atoms with E-state index in [1.54, 1.807) is 10.8 Å². The second-order valence-corrected chi connectivity index (χ2v) is 5.17. The van der Waals surface area contributed by atoms with Crippen LogP contribution in [-0.2, 0) is 6.54 Å². The number of nitrogens with zero attached hydrogens (tertiary/aromatic N) is 2. The molecule has 108 valence electrons. The van der Waals surface area contributed by atoms with Crippen LogP contribution in [0.5, 0.6) is 0 Å². The van der Waals surface area contributed by atoms with E-state index in [2.05, 4.69) is 4.90 Å². The van der Waals surface area contributed by atoms with Gasteiger partial charge in [-0.05, 0) is 12.5 Å². The third kappa shape index (κ3) is 2.29. The summed E-state index contributed by atoms with van der Waals surface area (Å²) in [4.78, 5) is 2.06. The van der Waals surface area contributed by atoms with Crippen LogP contribution in [0.3, 0.4) is 0 Å². The van der Waals surface area contributed by atoms with Crippen LogP contribution in [0.25, 0.3) is 10.9 Å². The van der Waals surface area contributed by atoms with Crippen molar-refractivity contribution in [1.82, 2.24) is 9.47 Å². The Morgan fingerprint density at radius 3 is 2.70 bits per heavy atom. The molecule has 0 aliphatic carbocycles. The van der Waals surface area contributed by atoms with Crippen LogP contribution in [0.15, 0.2) is 18.3 Å². The Labute approximate surface area is 114 Å². The first kappa shape index (κ1) is 13.5. The fraction of sp³-hybridized carbons (Fsp3) is 0.429. The van der Waals surface area contributed by atoms with Crippen LogP contribution in [0.1, 0.15) is 6.42 Å². The monoisotopic (exact) mass is 284 g/mol. The number of aliphatic hydroxyl groups excluding tert-OH is 1. The number of β-amino-alcohol motifs (C(OH)–C–C–N with tert-alkyl or cyclic N) is 1. The van der Waals surface area contributed by atoms with Crippen molar-refractivity contribution in [2.24, 2.45) is 0 Å². The largest absolute Gasteiger partial charge is 0.392 e. The molecule has 2 aromatic rings. The number of rotatable bonds is 3. The lowest BCUT2D eigenvalue weighted by Gasteiger charge is -2.15. The number of hydrogen-bond donors (Lipinski definition) is 1. The first-order chi connectivity index (χ1) is 9.56. The Kier molecular flexibility index (Phi) is 3.43. The van der Waals surface area contributed by atoms with E-state index in [0.717, 1.165) is 13.0 Å². The topological polar surface area (TPSA) is 28.4 Å². The summed E-state index contributed by atoms with van der Waals surface area (Å²) in [6, 6.07) is 1.96. The van der Waals surface area contributed by atoms with E-state index in [4.69, 9.17) is 0 Å². The molecule has 1 aromatic heterocycles. The number of aliphatic hydroxyl groups is 1. The van der Waals surface area contributed by atoms with Crippen LogP contribution in [-0.4, -0.2) is 40.3 Å². The molecule has 3 nitrogen and oxygen atoms in total. The van der Waals surface area contributed by atoms with E-state index in [1.165, 1.54) is 6.07 Å². The van der Waals surface area contributed by atoms with Crippen molar-refractivity contribution in [1.29, 1.82) is 0 Å². The fourth-order valence-corrected chi connectivity index (χ4v) is 2.74. The molecule has 1 N–H and O–H groups in total. The zero-order chi connectivity index (χ0) is 14.3. The summed E-state index contributed by atoms with van der Waals surface area (Å²) in [5, 5.41) is 9.40. The van der Waals surface area contributed by atoms with Crippen LogP contribution in [0, 0.1) is 17.5 Å². The van der Waals surface area contributed by atoms with Crippen molar-refractivity contribution in [2.75, 3.05) is 19.6 Å². The molecule has 1 atom stereocenters. The van der Waals surface area contributed by atoms with Crippen molar-refractivity contribution in [3.8, 4) is 0 Å². The van der Waals surface area contributed by atoms with Gasteiger partial charge in [0.05, 0.1) is 11.6 Å². The Morgan fingerprint density at radius 2 is 2.00 bits per heavy atom. The summed E-state index contributed by atoms with van der Waals surface area (Å²) in [5.74, 6) is -2.95. The highest BCUT2D eigenvalue weighted by molar-refractivity contribution is 5.81. The van der Waals surface area contributed by atoms with E-state index < -0.39 is 17.5 Å². The molecule has 3 rings (SSSR count). The van der Waals surface area contributed by atoms with E-state index in [1.807, 2.05) is 0 Å². The summed E-state index contributed by atoms with van der Waals surface area (Å²) >= 11 is 0. The quantitative estimate of drug-likeness (QED) is 0.875. The predicted octanol–water partition coefficient (Wildman–Crippen LogP) is 2.13. The Bertz CT molecular complexity index is 641. The molecular weight excluding hydrogens is 269 g/mol. The Morgan fingerprint density at radius 1 is 1.20 bits per heavy atom. The lowest BCUT2D eigenvalue weighted by atomic mass is 10.2. The molecule has 2 heterocycles. The number of likely N-dealkylation sites (tertiary alicyclic amines) is 1. The minimum atomic E-state index is -1.17. The Balaban J connectivity index is 1.84. The van der Waals surface area contributed by atoms with Gasteiger partial charge in [0, 0.05) is 43.8 Å². The summed E-state index contributed by atoms with van der Waals surface area (Å²) in [7, 11) is 0. The van der Waals surface area contributed by atoms with Crippen LogP contribution in [0.2, 0.25) is 0 Å². The molecule has 0 spiro atoms. The molecule has 0 radical (unpaired) electrons. The SMILES string of the molecule is OC1CCN(CCn2ccc3c(F)c(F)cc(F)c32)C1. The smallest absolute Gasteiger partial charge is 0.168 e. The molecule has 6 heteroatoms. The summed E-state index contributed by atoms with van der Waals surface area (Å²) < 4.78 is 42.1. The second kappa shape index (κ2) is 5.10. The maximum absolute atomic E-state index is 13.8. The van der Waals surface area contributed by atoms with E-state index in [0.29, 0.717) is 25.7 Å². The molecule has 1 unspecified atom stereocenters. The molecule has 1 aliphatic heterocycles. The first-order valence-corrected chi connectivity index (χ1v) is 6.59. The maximum atomic E-state index is 13.8. The predicted molar refractivity (Wildman–Crippen MR) is 68.9 cm³/mol. The van der Waals surface area contributed by atoms with Gasteiger partial charge in [0.1, 0.15) is 0 Å². The maximum Gasteiger partial charge on any atom is 0.168 e. The van der Waals surface area contributed by atoms with Gasteiger partial charge in [-0.1, -0.05) is 0 Å². The minimum Gasteiger partial charge on any atom is -0.392 e. The van der Waals surface area contributed by atoms with Crippen LogP contribution >= 0.6 is 0 Å². The average molecular weight is 284 g/mol. The number of halogens is 3.